The summed E-state index contributed by atoms with van der Waals surface area (Å²) in [6, 6.07) is 1.80. The van der Waals surface area contributed by atoms with Gasteiger partial charge in [0.15, 0.2) is 0 Å². The Bertz CT molecular complexity index is 616. The van der Waals surface area contributed by atoms with Crippen LogP contribution in [0, 0.1) is 0 Å². The molecule has 102 valence electrons. The molecule has 19 heavy (non-hydrogen) atoms. The minimum atomic E-state index is -0.933. The van der Waals surface area contributed by atoms with E-state index in [1.165, 1.54) is 16.2 Å². The summed E-state index contributed by atoms with van der Waals surface area (Å²) in [6.07, 6.45) is 3.35. The maximum Gasteiger partial charge on any atom is 0.265 e. The fourth-order valence-electron chi connectivity index (χ4n) is 1.96. The van der Waals surface area contributed by atoms with Crippen molar-refractivity contribution >= 4 is 33.0 Å². The Morgan fingerprint density at radius 3 is 2.84 bits per heavy atom. The highest BCUT2D eigenvalue weighted by Crippen LogP contribution is 2.33. The van der Waals surface area contributed by atoms with E-state index in [0.717, 1.165) is 10.1 Å². The number of nitrogens with zero attached hydrogens (tertiary/aromatic N) is 2. The van der Waals surface area contributed by atoms with Crippen LogP contribution >= 0.6 is 11.3 Å². The third-order valence-corrected chi connectivity index (χ3v) is 3.84. The van der Waals surface area contributed by atoms with E-state index in [1.807, 2.05) is 0 Å². The predicted octanol–water partition coefficient (Wildman–Crippen LogP) is 1.72. The number of aromatic nitrogens is 1. The second-order valence-electron chi connectivity index (χ2n) is 5.19. The van der Waals surface area contributed by atoms with Gasteiger partial charge >= 0.3 is 0 Å². The minimum absolute atomic E-state index is 0.180. The Kier molecular flexibility index (Phi) is 3.47. The Balaban J connectivity index is 2.34. The number of hydrogen-bond donors (Lipinski definition) is 2. The molecule has 2 aromatic heterocycles. The SMILES string of the molecule is CN(CC(C)(C)O)C(=O)c1sc2cnccc2c1N. The molecule has 3 N–H and O–H groups in total. The molecule has 0 bridgehead atoms. The zero-order valence-electron chi connectivity index (χ0n) is 11.2. The summed E-state index contributed by atoms with van der Waals surface area (Å²) in [4.78, 5) is 18.3. The molecule has 1 amide bonds. The molecule has 0 spiro atoms. The summed E-state index contributed by atoms with van der Waals surface area (Å²) in [7, 11) is 1.66. The van der Waals surface area contributed by atoms with Crippen LogP contribution in [0.5, 0.6) is 0 Å². The van der Waals surface area contributed by atoms with Gasteiger partial charge in [-0.2, -0.15) is 0 Å². The molecule has 0 saturated heterocycles. The summed E-state index contributed by atoms with van der Waals surface area (Å²) in [5.41, 5.74) is 5.56. The number of amides is 1. The minimum Gasteiger partial charge on any atom is -0.397 e. The molecule has 0 aliphatic rings. The maximum atomic E-state index is 12.3. The summed E-state index contributed by atoms with van der Waals surface area (Å²) in [5, 5.41) is 10.6. The molecule has 5 nitrogen and oxygen atoms in total. The molecule has 2 aromatic rings. The third kappa shape index (κ3) is 2.85. The molecule has 0 aliphatic carbocycles. The highest BCUT2D eigenvalue weighted by Gasteiger charge is 2.24. The third-order valence-electron chi connectivity index (χ3n) is 2.70. The van der Waals surface area contributed by atoms with Crippen LogP contribution in [0.4, 0.5) is 5.69 Å². The number of carbonyl (C=O) groups is 1. The van der Waals surface area contributed by atoms with Gasteiger partial charge in [-0.1, -0.05) is 0 Å². The van der Waals surface area contributed by atoms with Crippen LogP contribution in [-0.2, 0) is 0 Å². The van der Waals surface area contributed by atoms with Gasteiger partial charge in [-0.15, -0.1) is 11.3 Å². The van der Waals surface area contributed by atoms with Crippen LogP contribution in [-0.4, -0.2) is 40.1 Å². The van der Waals surface area contributed by atoms with Crippen molar-refractivity contribution in [3.63, 3.8) is 0 Å². The van der Waals surface area contributed by atoms with E-state index < -0.39 is 5.60 Å². The van der Waals surface area contributed by atoms with E-state index in [1.54, 1.807) is 39.4 Å². The first-order valence-corrected chi connectivity index (χ1v) is 6.71. The van der Waals surface area contributed by atoms with E-state index in [0.29, 0.717) is 10.6 Å². The average Bonchev–Trinajstić information content (AvgIpc) is 2.64. The summed E-state index contributed by atoms with van der Waals surface area (Å²) in [5.74, 6) is -0.180. The number of thiophene rings is 1. The molecule has 6 heteroatoms. The number of anilines is 1. The van der Waals surface area contributed by atoms with Gasteiger partial charge in [0.1, 0.15) is 4.88 Å². The number of likely N-dealkylation sites (N-methyl/N-ethyl adjacent to an activating group) is 1. The van der Waals surface area contributed by atoms with Gasteiger partial charge in [0.25, 0.3) is 5.91 Å². The first-order chi connectivity index (χ1) is 8.79. The molecule has 2 heterocycles. The van der Waals surface area contributed by atoms with Crippen molar-refractivity contribution in [2.75, 3.05) is 19.3 Å². The molecule has 0 aromatic carbocycles. The fourth-order valence-corrected chi connectivity index (χ4v) is 3.04. The number of hydrogen-bond acceptors (Lipinski definition) is 5. The van der Waals surface area contributed by atoms with Gasteiger partial charge in [0.2, 0.25) is 0 Å². The topological polar surface area (TPSA) is 79.5 Å². The van der Waals surface area contributed by atoms with Crippen LogP contribution in [0.1, 0.15) is 23.5 Å². The quantitative estimate of drug-likeness (QED) is 0.896. The van der Waals surface area contributed by atoms with Crippen LogP contribution in [0.15, 0.2) is 18.5 Å². The van der Waals surface area contributed by atoms with Gasteiger partial charge < -0.3 is 15.7 Å². The molecule has 0 saturated carbocycles. The van der Waals surface area contributed by atoms with Gasteiger partial charge in [-0.3, -0.25) is 9.78 Å². The van der Waals surface area contributed by atoms with E-state index >= 15 is 0 Å². The Morgan fingerprint density at radius 2 is 2.26 bits per heavy atom. The van der Waals surface area contributed by atoms with Gasteiger partial charge in [0, 0.05) is 31.4 Å². The van der Waals surface area contributed by atoms with E-state index in [2.05, 4.69) is 4.98 Å². The van der Waals surface area contributed by atoms with Crippen LogP contribution in [0.25, 0.3) is 10.1 Å². The van der Waals surface area contributed by atoms with Gasteiger partial charge in [-0.25, -0.2) is 0 Å². The highest BCUT2D eigenvalue weighted by atomic mass is 32.1. The van der Waals surface area contributed by atoms with E-state index in [9.17, 15) is 9.90 Å². The normalized spacial score (nSPS) is 11.8. The van der Waals surface area contributed by atoms with Crippen molar-refractivity contribution in [1.29, 1.82) is 0 Å². The van der Waals surface area contributed by atoms with Crippen molar-refractivity contribution in [3.05, 3.63) is 23.3 Å². The largest absolute Gasteiger partial charge is 0.397 e. The standard InChI is InChI=1S/C13H17N3O2S/c1-13(2,18)7-16(3)12(17)11-10(14)8-4-5-15-6-9(8)19-11/h4-6,18H,7,14H2,1-3H3. The second kappa shape index (κ2) is 4.79. The van der Waals surface area contributed by atoms with E-state index in [4.69, 9.17) is 5.73 Å². The van der Waals surface area contributed by atoms with Crippen LogP contribution in [0.2, 0.25) is 0 Å². The lowest BCUT2D eigenvalue weighted by molar-refractivity contribution is 0.0371. The first-order valence-electron chi connectivity index (χ1n) is 5.89. The number of aliphatic hydroxyl groups is 1. The number of fused-ring (bicyclic) bond motifs is 1. The Hall–Kier alpha value is -1.66. The molecule has 0 radical (unpaired) electrons. The maximum absolute atomic E-state index is 12.3. The molecular formula is C13H17N3O2S. The molecule has 0 atom stereocenters. The fraction of sp³-hybridized carbons (Fsp3) is 0.385. The molecule has 0 fully saturated rings. The van der Waals surface area contributed by atoms with Crippen molar-refractivity contribution in [3.8, 4) is 0 Å². The van der Waals surface area contributed by atoms with Crippen LogP contribution in [0.3, 0.4) is 0 Å². The average molecular weight is 279 g/mol. The van der Waals surface area contributed by atoms with Crippen molar-refractivity contribution in [1.82, 2.24) is 9.88 Å². The predicted molar refractivity (Wildman–Crippen MR) is 77.3 cm³/mol. The van der Waals surface area contributed by atoms with Crippen LogP contribution < -0.4 is 5.73 Å². The zero-order valence-corrected chi connectivity index (χ0v) is 12.0. The molecule has 0 aliphatic heterocycles. The lowest BCUT2D eigenvalue weighted by Crippen LogP contribution is -2.39. The number of nitrogens with two attached hydrogens (primary N) is 1. The van der Waals surface area contributed by atoms with Crippen molar-refractivity contribution in [2.45, 2.75) is 19.4 Å². The lowest BCUT2D eigenvalue weighted by atomic mass is 10.1. The molecule has 2 rings (SSSR count). The first kappa shape index (κ1) is 13.8. The van der Waals surface area contributed by atoms with Gasteiger partial charge in [-0.05, 0) is 19.9 Å². The summed E-state index contributed by atoms with van der Waals surface area (Å²) in [6.45, 7) is 3.57. The second-order valence-corrected chi connectivity index (χ2v) is 6.24. The number of carbonyl (C=O) groups excluding carboxylic acids is 1. The summed E-state index contributed by atoms with van der Waals surface area (Å²) < 4.78 is 0.889. The molecular weight excluding hydrogens is 262 g/mol. The highest BCUT2D eigenvalue weighted by molar-refractivity contribution is 7.21. The smallest absolute Gasteiger partial charge is 0.265 e. The molecule has 0 unspecified atom stereocenters. The Morgan fingerprint density at radius 1 is 1.58 bits per heavy atom. The lowest BCUT2D eigenvalue weighted by Gasteiger charge is -2.25. The zero-order chi connectivity index (χ0) is 14.2. The monoisotopic (exact) mass is 279 g/mol. The summed E-state index contributed by atoms with van der Waals surface area (Å²) >= 11 is 1.33. The van der Waals surface area contributed by atoms with Crippen molar-refractivity contribution in [2.24, 2.45) is 0 Å². The van der Waals surface area contributed by atoms with Gasteiger partial charge in [0.05, 0.1) is 16.0 Å². The number of pyridine rings is 1. The number of rotatable bonds is 3. The van der Waals surface area contributed by atoms with Crippen molar-refractivity contribution < 1.29 is 9.90 Å². The van der Waals surface area contributed by atoms with E-state index in [-0.39, 0.29) is 12.5 Å². The number of nitrogen functional groups attached to an aromatic ring is 1. The Labute approximate surface area is 115 Å².